The molecule has 0 aliphatic rings. The summed E-state index contributed by atoms with van der Waals surface area (Å²) < 4.78 is 7.21. The quantitative estimate of drug-likeness (QED) is 0.392. The summed E-state index contributed by atoms with van der Waals surface area (Å²) in [5.74, 6) is 1.26. The average molecular weight is 479 g/mol. The first-order valence-electron chi connectivity index (χ1n) is 12.5. The standard InChI is InChI=1S/C28H38N4O3/c1-7-9-12-19-31(27(34)30-28(4,5)6)20(3)25-29-24-14-11-10-13-23(24)26(33)32(25)21-15-17-22(18-16-21)35-8-2/h10-11,13-18,20H,7-9,12,19H2,1-6H3,(H,30,34). The van der Waals surface area contributed by atoms with Crippen LogP contribution in [0.4, 0.5) is 4.79 Å². The number of urea groups is 1. The number of unbranched alkanes of at least 4 members (excludes halogenated alkanes) is 2. The normalized spacial score (nSPS) is 12.4. The SMILES string of the molecule is CCCCCN(C(=O)NC(C)(C)C)C(C)c1nc2ccccc2c(=O)n1-c1ccc(OCC)cc1. The van der Waals surface area contributed by atoms with Gasteiger partial charge in [-0.05, 0) is 77.4 Å². The van der Waals surface area contributed by atoms with Crippen molar-refractivity contribution < 1.29 is 9.53 Å². The second kappa shape index (κ2) is 11.4. The van der Waals surface area contributed by atoms with E-state index in [2.05, 4.69) is 12.2 Å². The van der Waals surface area contributed by atoms with Crippen LogP contribution in [0.3, 0.4) is 0 Å². The topological polar surface area (TPSA) is 76.5 Å². The van der Waals surface area contributed by atoms with Crippen molar-refractivity contribution >= 4 is 16.9 Å². The van der Waals surface area contributed by atoms with E-state index in [0.29, 0.717) is 35.6 Å². The number of para-hydroxylation sites is 1. The Morgan fingerprint density at radius 2 is 1.77 bits per heavy atom. The molecule has 7 nitrogen and oxygen atoms in total. The molecule has 188 valence electrons. The summed E-state index contributed by atoms with van der Waals surface area (Å²) in [6.07, 6.45) is 2.94. The Labute approximate surface area is 208 Å². The van der Waals surface area contributed by atoms with Crippen molar-refractivity contribution in [1.29, 1.82) is 0 Å². The molecule has 0 radical (unpaired) electrons. The van der Waals surface area contributed by atoms with Crippen LogP contribution in [0.2, 0.25) is 0 Å². The van der Waals surface area contributed by atoms with Gasteiger partial charge in [0, 0.05) is 12.1 Å². The molecular formula is C28H38N4O3. The van der Waals surface area contributed by atoms with E-state index in [1.54, 1.807) is 15.5 Å². The number of hydrogen-bond acceptors (Lipinski definition) is 4. The number of carbonyl (C=O) groups is 1. The first kappa shape index (κ1) is 26.3. The number of fused-ring (bicyclic) bond motifs is 1. The molecule has 0 aliphatic carbocycles. The van der Waals surface area contributed by atoms with Crippen molar-refractivity contribution in [2.45, 2.75) is 72.4 Å². The molecule has 0 fully saturated rings. The Balaban J connectivity index is 2.15. The Kier molecular flexibility index (Phi) is 8.54. The molecular weight excluding hydrogens is 440 g/mol. The minimum absolute atomic E-state index is 0.161. The van der Waals surface area contributed by atoms with Gasteiger partial charge < -0.3 is 15.0 Å². The van der Waals surface area contributed by atoms with E-state index in [4.69, 9.17) is 9.72 Å². The van der Waals surface area contributed by atoms with E-state index in [1.165, 1.54) is 0 Å². The highest BCUT2D eigenvalue weighted by Crippen LogP contribution is 2.25. The number of nitrogens with zero attached hydrogens (tertiary/aromatic N) is 3. The Bertz CT molecular complexity index is 1200. The van der Waals surface area contributed by atoms with E-state index >= 15 is 0 Å². The van der Waals surface area contributed by atoms with Gasteiger partial charge in [0.25, 0.3) is 5.56 Å². The summed E-state index contributed by atoms with van der Waals surface area (Å²) in [6.45, 7) is 13.0. The molecule has 3 rings (SSSR count). The molecule has 0 saturated carbocycles. The molecule has 35 heavy (non-hydrogen) atoms. The number of carbonyl (C=O) groups excluding carboxylic acids is 1. The second-order valence-electron chi connectivity index (χ2n) is 9.81. The van der Waals surface area contributed by atoms with Crippen LogP contribution in [-0.2, 0) is 0 Å². The zero-order chi connectivity index (χ0) is 25.6. The van der Waals surface area contributed by atoms with Crippen LogP contribution >= 0.6 is 0 Å². The number of aromatic nitrogens is 2. The molecule has 2 aromatic carbocycles. The van der Waals surface area contributed by atoms with E-state index in [-0.39, 0.29) is 17.1 Å². The van der Waals surface area contributed by atoms with Crippen molar-refractivity contribution in [2.75, 3.05) is 13.2 Å². The van der Waals surface area contributed by atoms with Gasteiger partial charge >= 0.3 is 6.03 Å². The largest absolute Gasteiger partial charge is 0.494 e. The third-order valence-corrected chi connectivity index (χ3v) is 5.79. The summed E-state index contributed by atoms with van der Waals surface area (Å²) in [6, 6.07) is 14.1. The molecule has 1 heterocycles. The van der Waals surface area contributed by atoms with Gasteiger partial charge in [0.05, 0.1) is 29.2 Å². The molecule has 0 bridgehead atoms. The average Bonchev–Trinajstić information content (AvgIpc) is 2.81. The highest BCUT2D eigenvalue weighted by Gasteiger charge is 2.28. The zero-order valence-electron chi connectivity index (χ0n) is 21.8. The molecule has 1 unspecified atom stereocenters. The Morgan fingerprint density at radius 1 is 1.09 bits per heavy atom. The summed E-state index contributed by atoms with van der Waals surface area (Å²) in [5.41, 5.74) is 0.756. The van der Waals surface area contributed by atoms with Crippen molar-refractivity contribution in [1.82, 2.24) is 19.8 Å². The van der Waals surface area contributed by atoms with Crippen LogP contribution in [0.1, 0.15) is 72.7 Å². The van der Waals surface area contributed by atoms with Crippen LogP contribution in [0, 0.1) is 0 Å². The molecule has 1 atom stereocenters. The molecule has 1 aromatic heterocycles. The van der Waals surface area contributed by atoms with E-state index < -0.39 is 6.04 Å². The predicted octanol–water partition coefficient (Wildman–Crippen LogP) is 5.85. The highest BCUT2D eigenvalue weighted by atomic mass is 16.5. The van der Waals surface area contributed by atoms with E-state index in [1.807, 2.05) is 77.1 Å². The molecule has 0 aliphatic heterocycles. The summed E-state index contributed by atoms with van der Waals surface area (Å²) in [7, 11) is 0. The van der Waals surface area contributed by atoms with Crippen molar-refractivity contribution in [2.24, 2.45) is 0 Å². The Hall–Kier alpha value is -3.35. The number of nitrogens with one attached hydrogen (secondary N) is 1. The third kappa shape index (κ3) is 6.41. The summed E-state index contributed by atoms with van der Waals surface area (Å²) in [5, 5.41) is 3.62. The van der Waals surface area contributed by atoms with Crippen LogP contribution in [0.25, 0.3) is 16.6 Å². The number of ether oxygens (including phenoxy) is 1. The van der Waals surface area contributed by atoms with Crippen LogP contribution in [0.15, 0.2) is 53.3 Å². The molecule has 0 spiro atoms. The third-order valence-electron chi connectivity index (χ3n) is 5.79. The lowest BCUT2D eigenvalue weighted by Crippen LogP contribution is -2.50. The van der Waals surface area contributed by atoms with Gasteiger partial charge in [-0.15, -0.1) is 0 Å². The van der Waals surface area contributed by atoms with Crippen LogP contribution in [-0.4, -0.2) is 39.2 Å². The highest BCUT2D eigenvalue weighted by molar-refractivity contribution is 5.78. The second-order valence-corrected chi connectivity index (χ2v) is 9.81. The van der Waals surface area contributed by atoms with Gasteiger partial charge in [0.2, 0.25) is 0 Å². The van der Waals surface area contributed by atoms with E-state index in [9.17, 15) is 9.59 Å². The summed E-state index contributed by atoms with van der Waals surface area (Å²) in [4.78, 5) is 33.8. The maximum Gasteiger partial charge on any atom is 0.318 e. The fourth-order valence-corrected chi connectivity index (χ4v) is 4.07. The number of benzene rings is 2. The van der Waals surface area contributed by atoms with Crippen molar-refractivity contribution in [3.8, 4) is 11.4 Å². The molecule has 2 amide bonds. The number of rotatable bonds is 9. The van der Waals surface area contributed by atoms with Crippen molar-refractivity contribution in [3.05, 3.63) is 64.7 Å². The van der Waals surface area contributed by atoms with Gasteiger partial charge in [-0.1, -0.05) is 31.9 Å². The van der Waals surface area contributed by atoms with Gasteiger partial charge in [0.15, 0.2) is 0 Å². The Morgan fingerprint density at radius 3 is 2.40 bits per heavy atom. The fourth-order valence-electron chi connectivity index (χ4n) is 4.07. The molecule has 7 heteroatoms. The monoisotopic (exact) mass is 478 g/mol. The number of hydrogen-bond donors (Lipinski definition) is 1. The smallest absolute Gasteiger partial charge is 0.318 e. The maximum absolute atomic E-state index is 13.7. The molecule has 0 saturated heterocycles. The fraction of sp³-hybridized carbons (Fsp3) is 0.464. The summed E-state index contributed by atoms with van der Waals surface area (Å²) >= 11 is 0. The maximum atomic E-state index is 13.7. The molecule has 1 N–H and O–H groups in total. The van der Waals surface area contributed by atoms with Crippen molar-refractivity contribution in [3.63, 3.8) is 0 Å². The van der Waals surface area contributed by atoms with Gasteiger partial charge in [-0.3, -0.25) is 9.36 Å². The lowest BCUT2D eigenvalue weighted by Gasteiger charge is -2.33. The van der Waals surface area contributed by atoms with Crippen LogP contribution in [0.5, 0.6) is 5.75 Å². The first-order valence-corrected chi connectivity index (χ1v) is 12.5. The zero-order valence-corrected chi connectivity index (χ0v) is 21.8. The predicted molar refractivity (Wildman–Crippen MR) is 141 cm³/mol. The minimum Gasteiger partial charge on any atom is -0.494 e. The lowest BCUT2D eigenvalue weighted by molar-refractivity contribution is 0.166. The minimum atomic E-state index is -0.432. The van der Waals surface area contributed by atoms with Gasteiger partial charge in [-0.25, -0.2) is 9.78 Å². The van der Waals surface area contributed by atoms with E-state index in [0.717, 1.165) is 25.0 Å². The van der Waals surface area contributed by atoms with Gasteiger partial charge in [-0.2, -0.15) is 0 Å². The first-order chi connectivity index (χ1) is 16.7. The van der Waals surface area contributed by atoms with Crippen LogP contribution < -0.4 is 15.6 Å². The lowest BCUT2D eigenvalue weighted by atomic mass is 10.1. The number of amides is 2. The molecule has 3 aromatic rings. The van der Waals surface area contributed by atoms with Gasteiger partial charge in [0.1, 0.15) is 11.6 Å².